The number of methoxy groups -OCH3 is 1. The van der Waals surface area contributed by atoms with E-state index >= 15 is 0 Å². The number of hydrogen-bond donors (Lipinski definition) is 1. The van der Waals surface area contributed by atoms with Crippen LogP contribution < -0.4 is 4.74 Å². The van der Waals surface area contributed by atoms with E-state index in [1.807, 2.05) is 39.8 Å². The van der Waals surface area contributed by atoms with Gasteiger partial charge in [0.05, 0.1) is 18.8 Å². The number of aryl methyl sites for hydroxylation is 2. The van der Waals surface area contributed by atoms with E-state index < -0.39 is 5.60 Å². The third-order valence-corrected chi connectivity index (χ3v) is 3.13. The van der Waals surface area contributed by atoms with E-state index in [2.05, 4.69) is 19.1 Å². The second-order valence-corrected chi connectivity index (χ2v) is 5.72. The molecule has 1 N–H and O–H groups in total. The normalized spacial score (nSPS) is 13.8. The molecule has 0 spiro atoms. The quantitative estimate of drug-likeness (QED) is 0.893. The van der Waals surface area contributed by atoms with Crippen LogP contribution in [0.5, 0.6) is 5.75 Å². The number of aliphatic hydroxyl groups is 1. The zero-order valence-electron chi connectivity index (χ0n) is 12.5. The predicted molar refractivity (Wildman–Crippen MR) is 75.2 cm³/mol. The average Bonchev–Trinajstić information content (AvgIpc) is 2.13. The summed E-state index contributed by atoms with van der Waals surface area (Å²) in [7, 11) is 5.62. The fourth-order valence-corrected chi connectivity index (χ4v) is 2.76. The van der Waals surface area contributed by atoms with Crippen molar-refractivity contribution < 1.29 is 9.84 Å². The summed E-state index contributed by atoms with van der Waals surface area (Å²) in [6, 6.07) is 4.08. The van der Waals surface area contributed by atoms with E-state index in [0.717, 1.165) is 16.9 Å². The zero-order valence-corrected chi connectivity index (χ0v) is 12.5. The Morgan fingerprint density at radius 1 is 1.22 bits per heavy atom. The molecule has 0 heterocycles. The molecule has 0 amide bonds. The zero-order chi connectivity index (χ0) is 14.1. The van der Waals surface area contributed by atoms with Gasteiger partial charge in [0.1, 0.15) is 5.75 Å². The fraction of sp³-hybridized carbons (Fsp3) is 0.600. The van der Waals surface area contributed by atoms with Crippen LogP contribution >= 0.6 is 0 Å². The van der Waals surface area contributed by atoms with Gasteiger partial charge in [-0.3, -0.25) is 4.90 Å². The molecule has 3 nitrogen and oxygen atoms in total. The third kappa shape index (κ3) is 3.03. The molecule has 1 aromatic carbocycles. The van der Waals surface area contributed by atoms with E-state index in [9.17, 15) is 5.11 Å². The Morgan fingerprint density at radius 3 is 2.17 bits per heavy atom. The van der Waals surface area contributed by atoms with E-state index in [1.54, 1.807) is 7.11 Å². The summed E-state index contributed by atoms with van der Waals surface area (Å²) in [6.07, 6.45) is 0. The smallest absolute Gasteiger partial charge is 0.126 e. The lowest BCUT2D eigenvalue weighted by molar-refractivity contribution is -0.00413. The summed E-state index contributed by atoms with van der Waals surface area (Å²) >= 11 is 0. The first-order valence-corrected chi connectivity index (χ1v) is 6.22. The highest BCUT2D eigenvalue weighted by Gasteiger charge is 2.33. The maximum Gasteiger partial charge on any atom is 0.126 e. The van der Waals surface area contributed by atoms with Gasteiger partial charge in [-0.05, 0) is 47.4 Å². The Labute approximate surface area is 110 Å². The molecule has 0 saturated heterocycles. The van der Waals surface area contributed by atoms with Crippen molar-refractivity contribution in [3.05, 3.63) is 28.8 Å². The number of rotatable bonds is 4. The molecule has 1 rings (SSSR count). The molecule has 3 heteroatoms. The standard InChI is InChI=1S/C15H25NO2/c1-10-8-11(2)13(18-7)12(9-10)14(16(5)6)15(3,4)17/h8-9,14,17H,1-7H3. The van der Waals surface area contributed by atoms with Gasteiger partial charge >= 0.3 is 0 Å². The first-order valence-electron chi connectivity index (χ1n) is 6.22. The molecule has 102 valence electrons. The largest absolute Gasteiger partial charge is 0.496 e. The van der Waals surface area contributed by atoms with Crippen molar-refractivity contribution in [3.8, 4) is 5.75 Å². The molecule has 1 unspecified atom stereocenters. The molecule has 0 radical (unpaired) electrons. The highest BCUT2D eigenvalue weighted by Crippen LogP contribution is 2.38. The van der Waals surface area contributed by atoms with E-state index in [1.165, 1.54) is 5.56 Å². The lowest BCUT2D eigenvalue weighted by Gasteiger charge is -2.36. The molecule has 0 aliphatic heterocycles. The Morgan fingerprint density at radius 2 is 1.78 bits per heavy atom. The van der Waals surface area contributed by atoms with Crippen molar-refractivity contribution in [1.29, 1.82) is 0 Å². The SMILES string of the molecule is COc1c(C)cc(C)cc1C(N(C)C)C(C)(C)O. The van der Waals surface area contributed by atoms with Crippen molar-refractivity contribution in [2.45, 2.75) is 39.3 Å². The maximum absolute atomic E-state index is 10.4. The van der Waals surface area contributed by atoms with Gasteiger partial charge < -0.3 is 9.84 Å². The molecule has 1 atom stereocenters. The fourth-order valence-electron chi connectivity index (χ4n) is 2.76. The number of nitrogens with zero attached hydrogens (tertiary/aromatic N) is 1. The molecule has 0 aliphatic rings. The summed E-state index contributed by atoms with van der Waals surface area (Å²) in [5.41, 5.74) is 2.48. The lowest BCUT2D eigenvalue weighted by atomic mass is 9.88. The molecule has 1 aromatic rings. The van der Waals surface area contributed by atoms with Crippen LogP contribution in [-0.4, -0.2) is 36.8 Å². The van der Waals surface area contributed by atoms with Crippen molar-refractivity contribution in [2.75, 3.05) is 21.2 Å². The molecule has 18 heavy (non-hydrogen) atoms. The summed E-state index contributed by atoms with van der Waals surface area (Å²) in [5.74, 6) is 0.862. The van der Waals surface area contributed by atoms with E-state index in [4.69, 9.17) is 4.74 Å². The monoisotopic (exact) mass is 251 g/mol. The van der Waals surface area contributed by atoms with Crippen LogP contribution in [0.1, 0.15) is 36.6 Å². The molecular formula is C15H25NO2. The van der Waals surface area contributed by atoms with Crippen LogP contribution in [0.3, 0.4) is 0 Å². The third-order valence-electron chi connectivity index (χ3n) is 3.13. The number of likely N-dealkylation sites (N-methyl/N-ethyl adjacent to an activating group) is 1. The van der Waals surface area contributed by atoms with Gasteiger partial charge in [-0.2, -0.15) is 0 Å². The molecule has 0 saturated carbocycles. The van der Waals surface area contributed by atoms with Crippen LogP contribution in [0.25, 0.3) is 0 Å². The van der Waals surface area contributed by atoms with Crippen molar-refractivity contribution in [2.24, 2.45) is 0 Å². The summed E-state index contributed by atoms with van der Waals surface area (Å²) in [6.45, 7) is 7.75. The van der Waals surface area contributed by atoms with Gasteiger partial charge in [0, 0.05) is 5.56 Å². The highest BCUT2D eigenvalue weighted by atomic mass is 16.5. The molecule has 0 bridgehead atoms. The molecule has 0 aromatic heterocycles. The lowest BCUT2D eigenvalue weighted by Crippen LogP contribution is -2.38. The van der Waals surface area contributed by atoms with Gasteiger partial charge in [0.25, 0.3) is 0 Å². The highest BCUT2D eigenvalue weighted by molar-refractivity contribution is 5.46. The Kier molecular flexibility index (Phi) is 4.41. The van der Waals surface area contributed by atoms with Gasteiger partial charge in [0.15, 0.2) is 0 Å². The molecule has 0 fully saturated rings. The van der Waals surface area contributed by atoms with Crippen LogP contribution in [-0.2, 0) is 0 Å². The Balaban J connectivity index is 3.45. The van der Waals surface area contributed by atoms with E-state index in [-0.39, 0.29) is 6.04 Å². The molecule has 0 aliphatic carbocycles. The van der Waals surface area contributed by atoms with Crippen molar-refractivity contribution in [3.63, 3.8) is 0 Å². The van der Waals surface area contributed by atoms with Crippen molar-refractivity contribution in [1.82, 2.24) is 4.90 Å². The van der Waals surface area contributed by atoms with Crippen molar-refractivity contribution >= 4 is 0 Å². The number of hydrogen-bond acceptors (Lipinski definition) is 3. The first kappa shape index (κ1) is 15.0. The number of benzene rings is 1. The second-order valence-electron chi connectivity index (χ2n) is 5.72. The second kappa shape index (κ2) is 5.29. The number of ether oxygens (including phenoxy) is 1. The average molecular weight is 251 g/mol. The van der Waals surface area contributed by atoms with Gasteiger partial charge in [-0.25, -0.2) is 0 Å². The minimum Gasteiger partial charge on any atom is -0.496 e. The Hall–Kier alpha value is -1.06. The van der Waals surface area contributed by atoms with Crippen LogP contribution in [0.2, 0.25) is 0 Å². The Bertz CT molecular complexity index is 419. The molecular weight excluding hydrogens is 226 g/mol. The van der Waals surface area contributed by atoms with Gasteiger partial charge in [0.2, 0.25) is 0 Å². The van der Waals surface area contributed by atoms with Crippen LogP contribution in [0.15, 0.2) is 12.1 Å². The van der Waals surface area contributed by atoms with Gasteiger partial charge in [-0.15, -0.1) is 0 Å². The summed E-state index contributed by atoms with van der Waals surface area (Å²) in [4.78, 5) is 2.02. The summed E-state index contributed by atoms with van der Waals surface area (Å²) in [5, 5.41) is 10.4. The topological polar surface area (TPSA) is 32.7 Å². The summed E-state index contributed by atoms with van der Waals surface area (Å²) < 4.78 is 5.52. The minimum atomic E-state index is -0.836. The van der Waals surface area contributed by atoms with Crippen LogP contribution in [0.4, 0.5) is 0 Å². The minimum absolute atomic E-state index is 0.106. The maximum atomic E-state index is 10.4. The first-order chi connectivity index (χ1) is 8.18. The van der Waals surface area contributed by atoms with E-state index in [0.29, 0.717) is 0 Å². The van der Waals surface area contributed by atoms with Gasteiger partial charge in [-0.1, -0.05) is 17.7 Å². The predicted octanol–water partition coefficient (Wildman–Crippen LogP) is 2.69. The van der Waals surface area contributed by atoms with Crippen LogP contribution in [0, 0.1) is 13.8 Å².